The van der Waals surface area contributed by atoms with Gasteiger partial charge in [0, 0.05) is 37.4 Å². The first-order valence-corrected chi connectivity index (χ1v) is 7.48. The Bertz CT molecular complexity index is 594. The number of anilines is 1. The molecule has 2 heterocycles. The van der Waals surface area contributed by atoms with Crippen LogP contribution in [0.3, 0.4) is 0 Å². The van der Waals surface area contributed by atoms with Crippen LogP contribution >= 0.6 is 0 Å². The summed E-state index contributed by atoms with van der Waals surface area (Å²) >= 11 is 0. The molecule has 3 rings (SSSR count). The fraction of sp³-hybridized carbons (Fsp3) is 0.467. The van der Waals surface area contributed by atoms with Gasteiger partial charge in [0.05, 0.1) is 6.54 Å². The Labute approximate surface area is 128 Å². The van der Waals surface area contributed by atoms with E-state index in [9.17, 15) is 8.78 Å². The Morgan fingerprint density at radius 1 is 1.18 bits per heavy atom. The minimum Gasteiger partial charge on any atom is -0.371 e. The molecule has 0 saturated carbocycles. The van der Waals surface area contributed by atoms with Crippen LogP contribution < -0.4 is 10.2 Å². The summed E-state index contributed by atoms with van der Waals surface area (Å²) in [6.45, 7) is 3.32. The van der Waals surface area contributed by atoms with Gasteiger partial charge in [0.1, 0.15) is 12.7 Å². The summed E-state index contributed by atoms with van der Waals surface area (Å²) in [6.07, 6.45) is 5.19. The first-order chi connectivity index (χ1) is 10.7. The predicted octanol–water partition coefficient (Wildman–Crippen LogP) is 1.81. The Morgan fingerprint density at radius 3 is 2.68 bits per heavy atom. The largest absolute Gasteiger partial charge is 0.371 e. The fourth-order valence-corrected chi connectivity index (χ4v) is 2.75. The number of hydrogen-bond acceptors (Lipinski definition) is 4. The van der Waals surface area contributed by atoms with Crippen molar-refractivity contribution in [2.24, 2.45) is 0 Å². The molecule has 0 aliphatic carbocycles. The second-order valence-electron chi connectivity index (χ2n) is 5.47. The molecular formula is C15H19F2N5. The topological polar surface area (TPSA) is 46.0 Å². The number of rotatable bonds is 5. The monoisotopic (exact) mass is 307 g/mol. The zero-order valence-corrected chi connectivity index (χ0v) is 12.3. The zero-order valence-electron chi connectivity index (χ0n) is 12.3. The number of halogens is 2. The summed E-state index contributed by atoms with van der Waals surface area (Å²) in [6, 6.07) is 4.54. The van der Waals surface area contributed by atoms with Crippen molar-refractivity contribution < 1.29 is 8.78 Å². The highest BCUT2D eigenvalue weighted by Gasteiger charge is 2.19. The van der Waals surface area contributed by atoms with Crippen molar-refractivity contribution in [3.8, 4) is 0 Å². The Morgan fingerprint density at radius 2 is 2.00 bits per heavy atom. The van der Waals surface area contributed by atoms with E-state index in [1.807, 2.05) is 0 Å². The maximum absolute atomic E-state index is 13.3. The Balaban J connectivity index is 1.44. The molecule has 2 aromatic rings. The van der Waals surface area contributed by atoms with Gasteiger partial charge in [-0.05, 0) is 25.0 Å². The van der Waals surface area contributed by atoms with Crippen LogP contribution in [0.4, 0.5) is 14.5 Å². The fourth-order valence-electron chi connectivity index (χ4n) is 2.75. The molecule has 1 fully saturated rings. The minimum absolute atomic E-state index is 0.449. The highest BCUT2D eigenvalue weighted by molar-refractivity contribution is 5.47. The molecule has 1 N–H and O–H groups in total. The number of piperidine rings is 1. The molecule has 0 bridgehead atoms. The number of hydrogen-bond donors (Lipinski definition) is 1. The summed E-state index contributed by atoms with van der Waals surface area (Å²) in [7, 11) is 0. The van der Waals surface area contributed by atoms with Crippen LogP contribution in [0.5, 0.6) is 0 Å². The molecule has 1 aromatic carbocycles. The molecule has 1 aliphatic rings. The average Bonchev–Trinajstić information content (AvgIpc) is 3.04. The normalized spacial score (nSPS) is 16.2. The molecule has 0 atom stereocenters. The molecule has 0 spiro atoms. The van der Waals surface area contributed by atoms with Crippen LogP contribution in [-0.2, 0) is 6.54 Å². The number of nitrogens with one attached hydrogen (secondary N) is 1. The lowest BCUT2D eigenvalue weighted by Gasteiger charge is -2.34. The van der Waals surface area contributed by atoms with Crippen LogP contribution in [0, 0.1) is 11.6 Å². The van der Waals surface area contributed by atoms with Crippen molar-refractivity contribution >= 4 is 5.69 Å². The maximum atomic E-state index is 13.3. The summed E-state index contributed by atoms with van der Waals surface area (Å²) < 4.78 is 28.0. The van der Waals surface area contributed by atoms with Crippen molar-refractivity contribution in [2.75, 3.05) is 24.5 Å². The van der Waals surface area contributed by atoms with E-state index >= 15 is 0 Å². The van der Waals surface area contributed by atoms with Crippen molar-refractivity contribution in [3.05, 3.63) is 42.5 Å². The lowest BCUT2D eigenvalue weighted by atomic mass is 10.0. The number of aromatic nitrogens is 3. The summed E-state index contributed by atoms with van der Waals surface area (Å²) in [5, 5.41) is 7.56. The summed E-state index contributed by atoms with van der Waals surface area (Å²) in [5.41, 5.74) is 0.750. The van der Waals surface area contributed by atoms with E-state index < -0.39 is 11.6 Å². The second-order valence-corrected chi connectivity index (χ2v) is 5.47. The highest BCUT2D eigenvalue weighted by Crippen LogP contribution is 2.22. The van der Waals surface area contributed by atoms with Gasteiger partial charge in [0.15, 0.2) is 11.6 Å². The third-order valence-electron chi connectivity index (χ3n) is 4.00. The smallest absolute Gasteiger partial charge is 0.160 e. The van der Waals surface area contributed by atoms with Gasteiger partial charge in [-0.15, -0.1) is 0 Å². The first-order valence-electron chi connectivity index (χ1n) is 7.48. The lowest BCUT2D eigenvalue weighted by Crippen LogP contribution is -2.43. The zero-order chi connectivity index (χ0) is 15.4. The average molecular weight is 307 g/mol. The predicted molar refractivity (Wildman–Crippen MR) is 79.6 cm³/mol. The number of benzene rings is 1. The Kier molecular flexibility index (Phi) is 4.62. The molecule has 118 valence electrons. The summed E-state index contributed by atoms with van der Waals surface area (Å²) in [4.78, 5) is 6.00. The van der Waals surface area contributed by atoms with E-state index in [1.165, 1.54) is 18.5 Å². The molecule has 1 aliphatic heterocycles. The minimum atomic E-state index is -0.798. The maximum Gasteiger partial charge on any atom is 0.160 e. The van der Waals surface area contributed by atoms with E-state index in [0.29, 0.717) is 6.04 Å². The van der Waals surface area contributed by atoms with Gasteiger partial charge in [-0.1, -0.05) is 0 Å². The van der Waals surface area contributed by atoms with Gasteiger partial charge >= 0.3 is 0 Å². The molecule has 22 heavy (non-hydrogen) atoms. The van der Waals surface area contributed by atoms with Crippen LogP contribution in [-0.4, -0.2) is 40.4 Å². The second kappa shape index (κ2) is 6.83. The van der Waals surface area contributed by atoms with Crippen LogP contribution in [0.15, 0.2) is 30.9 Å². The van der Waals surface area contributed by atoms with E-state index in [1.54, 1.807) is 17.1 Å². The number of nitrogens with zero attached hydrogens (tertiary/aromatic N) is 4. The molecule has 0 radical (unpaired) electrons. The molecule has 0 unspecified atom stereocenters. The first kappa shape index (κ1) is 14.9. The quantitative estimate of drug-likeness (QED) is 0.915. The SMILES string of the molecule is Fc1ccc(N2CCC(NCCn3cncn3)CC2)cc1F. The lowest BCUT2D eigenvalue weighted by molar-refractivity contribution is 0.400. The Hall–Kier alpha value is -2.02. The summed E-state index contributed by atoms with van der Waals surface area (Å²) in [5.74, 6) is -1.58. The van der Waals surface area contributed by atoms with Crippen molar-refractivity contribution in [3.63, 3.8) is 0 Å². The van der Waals surface area contributed by atoms with Crippen LogP contribution in [0.1, 0.15) is 12.8 Å². The van der Waals surface area contributed by atoms with Gasteiger partial charge < -0.3 is 10.2 Å². The molecular weight excluding hydrogens is 288 g/mol. The van der Waals surface area contributed by atoms with E-state index in [-0.39, 0.29) is 0 Å². The van der Waals surface area contributed by atoms with Gasteiger partial charge in [-0.3, -0.25) is 4.68 Å². The van der Waals surface area contributed by atoms with Crippen LogP contribution in [0.2, 0.25) is 0 Å². The standard InChI is InChI=1S/C15H19F2N5/c16-14-2-1-13(9-15(14)17)21-6-3-12(4-7-21)19-5-8-22-11-18-10-20-22/h1-2,9-12,19H,3-8H2. The third kappa shape index (κ3) is 3.59. The van der Waals surface area contributed by atoms with E-state index in [0.717, 1.165) is 44.7 Å². The van der Waals surface area contributed by atoms with Crippen molar-refractivity contribution in [1.82, 2.24) is 20.1 Å². The molecule has 1 aromatic heterocycles. The van der Waals surface area contributed by atoms with Gasteiger partial charge in [0.2, 0.25) is 0 Å². The molecule has 0 amide bonds. The van der Waals surface area contributed by atoms with E-state index in [2.05, 4.69) is 20.3 Å². The van der Waals surface area contributed by atoms with E-state index in [4.69, 9.17) is 0 Å². The molecule has 7 heteroatoms. The van der Waals surface area contributed by atoms with Gasteiger partial charge in [-0.25, -0.2) is 13.8 Å². The third-order valence-corrected chi connectivity index (χ3v) is 4.00. The highest BCUT2D eigenvalue weighted by atomic mass is 19.2. The van der Waals surface area contributed by atoms with Crippen molar-refractivity contribution in [2.45, 2.75) is 25.4 Å². The van der Waals surface area contributed by atoms with Crippen molar-refractivity contribution in [1.29, 1.82) is 0 Å². The molecule has 1 saturated heterocycles. The van der Waals surface area contributed by atoms with Crippen LogP contribution in [0.25, 0.3) is 0 Å². The van der Waals surface area contributed by atoms with Gasteiger partial charge in [0.25, 0.3) is 0 Å². The molecule has 5 nitrogen and oxygen atoms in total. The van der Waals surface area contributed by atoms with Gasteiger partial charge in [-0.2, -0.15) is 5.10 Å².